The molecule has 5 heterocycles. The summed E-state index contributed by atoms with van der Waals surface area (Å²) < 4.78 is 44.1. The number of aliphatic hydroxyl groups is 3. The summed E-state index contributed by atoms with van der Waals surface area (Å²) in [6.45, 7) is 14.0. The molecule has 284 valence electrons. The summed E-state index contributed by atoms with van der Waals surface area (Å²) in [5, 5.41) is 34.0. The predicted octanol–water partition coefficient (Wildman–Crippen LogP) is 4.45. The molecule has 3 fully saturated rings. The summed E-state index contributed by atoms with van der Waals surface area (Å²) in [5.41, 5.74) is 0.180. The Bertz CT molecular complexity index is 1430. The van der Waals surface area contributed by atoms with E-state index in [4.69, 9.17) is 33.2 Å². The molecular weight excluding hydrogens is 656 g/mol. The maximum atomic E-state index is 14.2. The Morgan fingerprint density at radius 1 is 1.00 bits per heavy atom. The second-order valence-electron chi connectivity index (χ2n) is 15.9. The number of fused-ring (bicyclic) bond motifs is 2. The predicted molar refractivity (Wildman–Crippen MR) is 188 cm³/mol. The summed E-state index contributed by atoms with van der Waals surface area (Å²) >= 11 is 0. The van der Waals surface area contributed by atoms with Gasteiger partial charge in [-0.15, -0.1) is 0 Å². The highest BCUT2D eigenvalue weighted by Crippen LogP contribution is 2.47. The van der Waals surface area contributed by atoms with Gasteiger partial charge in [0.2, 0.25) is 0 Å². The quantitative estimate of drug-likeness (QED) is 0.281. The third-order valence-corrected chi connectivity index (χ3v) is 11.7. The Morgan fingerprint density at radius 2 is 1.76 bits per heavy atom. The minimum absolute atomic E-state index is 0.0467. The van der Waals surface area contributed by atoms with E-state index in [-0.39, 0.29) is 36.6 Å². The van der Waals surface area contributed by atoms with Gasteiger partial charge in [-0.1, -0.05) is 64.2 Å². The van der Waals surface area contributed by atoms with Gasteiger partial charge >= 0.3 is 5.97 Å². The van der Waals surface area contributed by atoms with Crippen molar-refractivity contribution in [2.24, 2.45) is 23.7 Å². The zero-order chi connectivity index (χ0) is 36.8. The van der Waals surface area contributed by atoms with Gasteiger partial charge in [0, 0.05) is 38.2 Å². The van der Waals surface area contributed by atoms with Crippen LogP contribution in [0.1, 0.15) is 74.1 Å². The van der Waals surface area contributed by atoms with Crippen molar-refractivity contribution in [3.05, 3.63) is 59.3 Å². The third kappa shape index (κ3) is 7.61. The van der Waals surface area contributed by atoms with Gasteiger partial charge in [0.05, 0.1) is 37.1 Å². The Hall–Kier alpha value is -2.19. The number of ether oxygens (including phenoxy) is 7. The Labute approximate surface area is 302 Å². The van der Waals surface area contributed by atoms with E-state index in [2.05, 4.69) is 32.9 Å². The number of rotatable bonds is 4. The molecule has 0 radical (unpaired) electrons. The summed E-state index contributed by atoms with van der Waals surface area (Å²) in [6, 6.07) is 0. The van der Waals surface area contributed by atoms with Crippen molar-refractivity contribution in [2.45, 2.75) is 147 Å². The first kappa shape index (κ1) is 38.5. The molecule has 0 amide bonds. The average molecular weight is 715 g/mol. The topological polar surface area (TPSA) is 142 Å². The molecule has 4 unspecified atom stereocenters. The van der Waals surface area contributed by atoms with E-state index in [0.717, 1.165) is 5.57 Å². The number of carbonyl (C=O) groups excluding carboxylic acids is 1. The smallest absolute Gasteiger partial charge is 0.316 e. The lowest BCUT2D eigenvalue weighted by atomic mass is 9.71. The summed E-state index contributed by atoms with van der Waals surface area (Å²) in [7, 11) is 1.58. The molecule has 51 heavy (non-hydrogen) atoms. The molecular formula is C40H58O11. The molecule has 1 spiro atoms. The zero-order valence-corrected chi connectivity index (χ0v) is 31.3. The lowest BCUT2D eigenvalue weighted by Crippen LogP contribution is -2.58. The standard InChI is InChI=1S/C40H58O11/c1-21(2)35-24(5)14-15-39(51-35)19-29-17-28(50-39)13-12-23(4)36(49-32-18-31(45-8)34(42)26(7)47-32)22(3)10-9-11-27-20-46-37-33(41)25(6)16-30(38(43)48-29)40(27,37)44/h9-12,14-16,21-22,24,26,28-37,41-42,44H,13,17-20H2,1-8H3/b10-9+,23-12+,27-11+/t22-,24-,26?,28+,29-,30-,31?,32?,33+,34?,35+,36-,37+,39+,40+/m0/s1. The molecule has 0 aromatic carbocycles. The number of hydrogen-bond donors (Lipinski definition) is 3. The van der Waals surface area contributed by atoms with Crippen molar-refractivity contribution in [1.82, 2.24) is 0 Å². The highest BCUT2D eigenvalue weighted by atomic mass is 16.7. The van der Waals surface area contributed by atoms with Crippen LogP contribution >= 0.6 is 0 Å². The van der Waals surface area contributed by atoms with E-state index in [0.29, 0.717) is 36.8 Å². The second-order valence-corrected chi connectivity index (χ2v) is 15.9. The van der Waals surface area contributed by atoms with Gasteiger partial charge in [-0.05, 0) is 55.9 Å². The number of methoxy groups -OCH3 is 1. The highest BCUT2D eigenvalue weighted by Gasteiger charge is 2.60. The van der Waals surface area contributed by atoms with Crippen molar-refractivity contribution >= 4 is 5.97 Å². The van der Waals surface area contributed by atoms with Crippen LogP contribution in [0.5, 0.6) is 0 Å². The molecule has 5 aliphatic heterocycles. The maximum absolute atomic E-state index is 14.2. The Kier molecular flexibility index (Phi) is 11.5. The number of esters is 1. The zero-order valence-electron chi connectivity index (χ0n) is 31.3. The van der Waals surface area contributed by atoms with E-state index >= 15 is 0 Å². The fraction of sp³-hybridized carbons (Fsp3) is 0.725. The van der Waals surface area contributed by atoms with Crippen LogP contribution in [0, 0.1) is 23.7 Å². The van der Waals surface area contributed by atoms with Crippen LogP contribution in [0.3, 0.4) is 0 Å². The van der Waals surface area contributed by atoms with Gasteiger partial charge in [-0.3, -0.25) is 4.79 Å². The Morgan fingerprint density at radius 3 is 2.49 bits per heavy atom. The molecule has 11 nitrogen and oxygen atoms in total. The van der Waals surface area contributed by atoms with E-state index < -0.39 is 72.3 Å². The van der Waals surface area contributed by atoms with Crippen LogP contribution in [0.4, 0.5) is 0 Å². The molecule has 0 saturated carbocycles. The molecule has 15 atom stereocenters. The molecule has 3 saturated heterocycles. The minimum atomic E-state index is -1.81. The van der Waals surface area contributed by atoms with Crippen molar-refractivity contribution < 1.29 is 53.3 Å². The van der Waals surface area contributed by atoms with Crippen LogP contribution < -0.4 is 0 Å². The maximum Gasteiger partial charge on any atom is 0.316 e. The van der Waals surface area contributed by atoms with E-state index in [9.17, 15) is 20.1 Å². The van der Waals surface area contributed by atoms with E-state index in [1.165, 1.54) is 0 Å². The monoisotopic (exact) mass is 714 g/mol. The molecule has 6 rings (SSSR count). The van der Waals surface area contributed by atoms with Gasteiger partial charge in [-0.25, -0.2) is 0 Å². The van der Waals surface area contributed by atoms with Gasteiger partial charge in [0.1, 0.15) is 35.9 Å². The molecule has 3 N–H and O–H groups in total. The largest absolute Gasteiger partial charge is 0.462 e. The summed E-state index contributed by atoms with van der Waals surface area (Å²) in [6.07, 6.45) is 9.22. The molecule has 6 aliphatic rings. The van der Waals surface area contributed by atoms with Crippen LogP contribution in [0.15, 0.2) is 59.3 Å². The van der Waals surface area contributed by atoms with E-state index in [1.54, 1.807) is 26.2 Å². The van der Waals surface area contributed by atoms with Crippen molar-refractivity contribution in [1.29, 1.82) is 0 Å². The SMILES string of the molecule is COC1CC(O[C@@H]2/C(C)=C/C[C@@H]3C[C@@H](C[C@]4(C=C[C@H](C)[C@@H](C(C)C)O4)O3)OC(=O)[C@@H]3C=C(C)[C@@H](O)[C@H]4OC/C(=C\C=C\[C@@H]2C)[C@]43O)OC(C)C1O. The van der Waals surface area contributed by atoms with Crippen molar-refractivity contribution in [3.8, 4) is 0 Å². The van der Waals surface area contributed by atoms with Crippen LogP contribution in [0.2, 0.25) is 0 Å². The van der Waals surface area contributed by atoms with Gasteiger partial charge < -0.3 is 48.5 Å². The first-order chi connectivity index (χ1) is 24.2. The number of allylic oxidation sites excluding steroid dienone is 2. The van der Waals surface area contributed by atoms with Gasteiger partial charge in [0.25, 0.3) is 0 Å². The van der Waals surface area contributed by atoms with Gasteiger partial charge in [0.15, 0.2) is 12.1 Å². The molecule has 0 aromatic heterocycles. The number of carbonyl (C=O) groups is 1. The molecule has 11 heteroatoms. The normalized spacial score (nSPS) is 49.0. The number of aliphatic hydroxyl groups excluding tert-OH is 2. The fourth-order valence-corrected chi connectivity index (χ4v) is 8.75. The van der Waals surface area contributed by atoms with Crippen molar-refractivity contribution in [2.75, 3.05) is 13.7 Å². The Balaban J connectivity index is 1.38. The van der Waals surface area contributed by atoms with Crippen molar-refractivity contribution in [3.63, 3.8) is 0 Å². The summed E-state index contributed by atoms with van der Waals surface area (Å²) in [5.74, 6) is -2.50. The van der Waals surface area contributed by atoms with E-state index in [1.807, 2.05) is 39.0 Å². The fourth-order valence-electron chi connectivity index (χ4n) is 8.75. The highest BCUT2D eigenvalue weighted by molar-refractivity contribution is 5.78. The summed E-state index contributed by atoms with van der Waals surface area (Å²) in [4.78, 5) is 14.2. The molecule has 1 aliphatic carbocycles. The average Bonchev–Trinajstić information content (AvgIpc) is 3.42. The lowest BCUT2D eigenvalue weighted by molar-refractivity contribution is -0.299. The van der Waals surface area contributed by atoms with Crippen LogP contribution in [-0.4, -0.2) is 108 Å². The van der Waals surface area contributed by atoms with Crippen LogP contribution in [0.25, 0.3) is 0 Å². The minimum Gasteiger partial charge on any atom is -0.462 e. The van der Waals surface area contributed by atoms with Crippen LogP contribution in [-0.2, 0) is 38.0 Å². The first-order valence-corrected chi connectivity index (χ1v) is 18.7. The molecule has 0 aromatic rings. The first-order valence-electron chi connectivity index (χ1n) is 18.7. The van der Waals surface area contributed by atoms with Gasteiger partial charge in [-0.2, -0.15) is 0 Å². The third-order valence-electron chi connectivity index (χ3n) is 11.7. The lowest BCUT2D eigenvalue weighted by Gasteiger charge is -2.48. The molecule has 2 bridgehead atoms. The number of hydrogen-bond acceptors (Lipinski definition) is 11. The second kappa shape index (κ2) is 15.3.